The maximum Gasteiger partial charge on any atom is 0.0950 e. The molecular weight excluding hydrogens is 474 g/mol. The van der Waals surface area contributed by atoms with Crippen molar-refractivity contribution in [2.45, 2.75) is 0 Å². The number of fused-ring (bicyclic) bond motifs is 6. The Balaban J connectivity index is 1.40. The first-order valence-electron chi connectivity index (χ1n) is 13.2. The number of rotatable bonds is 3. The summed E-state index contributed by atoms with van der Waals surface area (Å²) in [5.74, 6) is 0. The molecule has 0 atom stereocenters. The van der Waals surface area contributed by atoms with Gasteiger partial charge in [0.05, 0.1) is 27.9 Å². The number of H-pyrrole nitrogens is 1. The van der Waals surface area contributed by atoms with Crippen LogP contribution in [0.25, 0.3) is 77.1 Å². The molecule has 0 amide bonds. The maximum absolute atomic E-state index is 5.13. The van der Waals surface area contributed by atoms with Gasteiger partial charge in [0.15, 0.2) is 0 Å². The first kappa shape index (κ1) is 21.8. The van der Waals surface area contributed by atoms with Crippen LogP contribution >= 0.6 is 0 Å². The van der Waals surface area contributed by atoms with Crippen LogP contribution in [0.3, 0.4) is 0 Å². The van der Waals surface area contributed by atoms with Gasteiger partial charge in [-0.3, -0.25) is 0 Å². The molecule has 0 bridgehead atoms. The summed E-state index contributed by atoms with van der Waals surface area (Å²) in [5, 5.41) is 5.82. The average Bonchev–Trinajstić information content (AvgIpc) is 3.50. The van der Waals surface area contributed by atoms with Gasteiger partial charge < -0.3 is 4.98 Å². The van der Waals surface area contributed by atoms with Crippen molar-refractivity contribution in [3.63, 3.8) is 0 Å². The Kier molecular flexibility index (Phi) is 4.82. The van der Waals surface area contributed by atoms with E-state index in [1.165, 1.54) is 27.3 Å². The van der Waals surface area contributed by atoms with Crippen molar-refractivity contribution >= 4 is 43.5 Å². The topological polar surface area (TPSA) is 41.6 Å². The second kappa shape index (κ2) is 8.64. The Morgan fingerprint density at radius 1 is 0.487 bits per heavy atom. The molecule has 5 aromatic carbocycles. The molecule has 0 unspecified atom stereocenters. The second-order valence-corrected chi connectivity index (χ2v) is 9.96. The molecule has 0 radical (unpaired) electrons. The highest BCUT2D eigenvalue weighted by Gasteiger charge is 2.14. The van der Waals surface area contributed by atoms with Crippen LogP contribution in [0.5, 0.6) is 0 Å². The van der Waals surface area contributed by atoms with E-state index in [0.717, 1.165) is 49.8 Å². The molecule has 0 aliphatic carbocycles. The van der Waals surface area contributed by atoms with Crippen LogP contribution in [0.15, 0.2) is 134 Å². The van der Waals surface area contributed by atoms with E-state index in [9.17, 15) is 0 Å². The molecular formula is C36H23N3. The zero-order valence-electron chi connectivity index (χ0n) is 21.1. The molecule has 0 aliphatic rings. The van der Waals surface area contributed by atoms with Crippen LogP contribution in [-0.4, -0.2) is 15.0 Å². The number of aromatic nitrogens is 3. The van der Waals surface area contributed by atoms with Gasteiger partial charge in [0.25, 0.3) is 0 Å². The fourth-order valence-corrected chi connectivity index (χ4v) is 5.69. The lowest BCUT2D eigenvalue weighted by atomic mass is 9.93. The van der Waals surface area contributed by atoms with Crippen LogP contribution in [0.1, 0.15) is 0 Å². The SMILES string of the molecule is c1ccc(-c2cc(-c3ccccc3)c3c(ccc4ccc(-c5ccc6ccc7cc[nH]c7c6n5)cc43)n2)cc1. The summed E-state index contributed by atoms with van der Waals surface area (Å²) in [6, 6.07) is 44.9. The van der Waals surface area contributed by atoms with Crippen molar-refractivity contribution in [1.29, 1.82) is 0 Å². The van der Waals surface area contributed by atoms with Gasteiger partial charge in [0, 0.05) is 33.5 Å². The van der Waals surface area contributed by atoms with E-state index in [0.29, 0.717) is 0 Å². The Bertz CT molecular complexity index is 2160. The lowest BCUT2D eigenvalue weighted by Gasteiger charge is -2.14. The van der Waals surface area contributed by atoms with E-state index in [-0.39, 0.29) is 0 Å². The molecule has 8 aromatic rings. The lowest BCUT2D eigenvalue weighted by Crippen LogP contribution is -1.92. The van der Waals surface area contributed by atoms with Gasteiger partial charge in [-0.15, -0.1) is 0 Å². The molecule has 3 heterocycles. The van der Waals surface area contributed by atoms with E-state index < -0.39 is 0 Å². The monoisotopic (exact) mass is 497 g/mol. The number of pyridine rings is 2. The predicted molar refractivity (Wildman–Crippen MR) is 163 cm³/mol. The minimum atomic E-state index is 0.957. The summed E-state index contributed by atoms with van der Waals surface area (Å²) in [4.78, 5) is 13.6. The molecule has 3 heteroatoms. The zero-order valence-corrected chi connectivity index (χ0v) is 21.1. The van der Waals surface area contributed by atoms with Crippen LogP contribution in [0.2, 0.25) is 0 Å². The van der Waals surface area contributed by atoms with E-state index >= 15 is 0 Å². The lowest BCUT2D eigenvalue weighted by molar-refractivity contribution is 1.39. The van der Waals surface area contributed by atoms with Crippen LogP contribution in [0, 0.1) is 0 Å². The van der Waals surface area contributed by atoms with Gasteiger partial charge in [-0.2, -0.15) is 0 Å². The maximum atomic E-state index is 5.13. The molecule has 0 fully saturated rings. The number of nitrogens with one attached hydrogen (secondary N) is 1. The molecule has 3 aromatic heterocycles. The third-order valence-corrected chi connectivity index (χ3v) is 7.63. The van der Waals surface area contributed by atoms with Crippen molar-refractivity contribution in [2.24, 2.45) is 0 Å². The Morgan fingerprint density at radius 3 is 2.05 bits per heavy atom. The summed E-state index contributed by atoms with van der Waals surface area (Å²) >= 11 is 0. The fourth-order valence-electron chi connectivity index (χ4n) is 5.69. The number of nitrogens with zero attached hydrogens (tertiary/aromatic N) is 2. The predicted octanol–water partition coefficient (Wildman–Crippen LogP) is 9.42. The Labute approximate surface area is 225 Å². The minimum absolute atomic E-state index is 0.957. The highest BCUT2D eigenvalue weighted by Crippen LogP contribution is 2.38. The number of aromatic amines is 1. The fraction of sp³-hybridized carbons (Fsp3) is 0. The summed E-state index contributed by atoms with van der Waals surface area (Å²) in [7, 11) is 0. The largest absolute Gasteiger partial charge is 0.359 e. The van der Waals surface area contributed by atoms with Gasteiger partial charge in [-0.25, -0.2) is 9.97 Å². The third kappa shape index (κ3) is 3.59. The van der Waals surface area contributed by atoms with Crippen LogP contribution in [0.4, 0.5) is 0 Å². The third-order valence-electron chi connectivity index (χ3n) is 7.63. The van der Waals surface area contributed by atoms with Crippen LogP contribution < -0.4 is 0 Å². The quantitative estimate of drug-likeness (QED) is 0.247. The summed E-state index contributed by atoms with van der Waals surface area (Å²) in [6.45, 7) is 0. The Hall–Kier alpha value is -5.28. The molecule has 182 valence electrons. The second-order valence-electron chi connectivity index (χ2n) is 9.96. The smallest absolute Gasteiger partial charge is 0.0950 e. The normalized spacial score (nSPS) is 11.6. The van der Waals surface area contributed by atoms with Gasteiger partial charge in [0.1, 0.15) is 0 Å². The van der Waals surface area contributed by atoms with E-state index in [1.54, 1.807) is 0 Å². The van der Waals surface area contributed by atoms with Crippen molar-refractivity contribution < 1.29 is 0 Å². The molecule has 0 aliphatic heterocycles. The first-order chi connectivity index (χ1) is 19.3. The van der Waals surface area contributed by atoms with Crippen molar-refractivity contribution in [3.8, 4) is 33.6 Å². The van der Waals surface area contributed by atoms with Crippen molar-refractivity contribution in [2.75, 3.05) is 0 Å². The summed E-state index contributed by atoms with van der Waals surface area (Å²) in [5.41, 5.74) is 9.55. The van der Waals surface area contributed by atoms with Gasteiger partial charge >= 0.3 is 0 Å². The highest BCUT2D eigenvalue weighted by atomic mass is 14.8. The van der Waals surface area contributed by atoms with Gasteiger partial charge in [0.2, 0.25) is 0 Å². The highest BCUT2D eigenvalue weighted by molar-refractivity contribution is 6.14. The van der Waals surface area contributed by atoms with E-state index in [1.807, 2.05) is 12.3 Å². The molecule has 0 saturated carbocycles. The van der Waals surface area contributed by atoms with E-state index in [2.05, 4.69) is 126 Å². The number of hydrogen-bond donors (Lipinski definition) is 1. The standard InChI is InChI=1S/C36H23N3/c1-3-7-23(8-4-1)30-22-33(25-9-5-2-6-10-25)38-32-18-15-24-11-14-28(21-29(24)34(30)32)31-17-16-26-12-13-27-19-20-37-35(27)36(26)39-31/h1-22,37H. The zero-order chi connectivity index (χ0) is 25.8. The van der Waals surface area contributed by atoms with Gasteiger partial charge in [-0.1, -0.05) is 97.1 Å². The number of benzene rings is 5. The van der Waals surface area contributed by atoms with Crippen molar-refractivity contribution in [3.05, 3.63) is 134 Å². The number of hydrogen-bond acceptors (Lipinski definition) is 2. The summed E-state index contributed by atoms with van der Waals surface area (Å²) in [6.07, 6.45) is 1.97. The van der Waals surface area contributed by atoms with Crippen LogP contribution in [-0.2, 0) is 0 Å². The van der Waals surface area contributed by atoms with E-state index in [4.69, 9.17) is 9.97 Å². The average molecular weight is 498 g/mol. The molecule has 0 saturated heterocycles. The molecule has 8 rings (SSSR count). The minimum Gasteiger partial charge on any atom is -0.359 e. The molecule has 0 spiro atoms. The summed E-state index contributed by atoms with van der Waals surface area (Å²) < 4.78 is 0. The van der Waals surface area contributed by atoms with Gasteiger partial charge in [-0.05, 0) is 52.2 Å². The molecule has 3 nitrogen and oxygen atoms in total. The first-order valence-corrected chi connectivity index (χ1v) is 13.2. The van der Waals surface area contributed by atoms with Crippen molar-refractivity contribution in [1.82, 2.24) is 15.0 Å². The Morgan fingerprint density at radius 2 is 1.21 bits per heavy atom. The molecule has 1 N–H and O–H groups in total. The molecule has 39 heavy (non-hydrogen) atoms.